The van der Waals surface area contributed by atoms with E-state index in [1.807, 2.05) is 6.92 Å². The number of aromatic nitrogens is 2. The average molecular weight is 247 g/mol. The Morgan fingerprint density at radius 3 is 2.94 bits per heavy atom. The third-order valence-electron chi connectivity index (χ3n) is 2.65. The maximum Gasteiger partial charge on any atom is 0.258 e. The molecule has 5 heteroatoms. The first-order valence-corrected chi connectivity index (χ1v) is 5.70. The average Bonchev–Trinajstić information content (AvgIpc) is 2.80. The Hall–Kier alpha value is -2.17. The Morgan fingerprint density at radius 2 is 2.28 bits per heavy atom. The van der Waals surface area contributed by atoms with Crippen LogP contribution in [0.5, 0.6) is 0 Å². The van der Waals surface area contributed by atoms with Crippen molar-refractivity contribution < 1.29 is 9.18 Å². The van der Waals surface area contributed by atoms with Gasteiger partial charge < -0.3 is 5.32 Å². The lowest BCUT2D eigenvalue weighted by molar-refractivity contribution is 0.102. The second-order valence-electron chi connectivity index (χ2n) is 3.98. The van der Waals surface area contributed by atoms with Gasteiger partial charge in [0.05, 0.1) is 17.4 Å². The predicted octanol–water partition coefficient (Wildman–Crippen LogP) is 2.60. The molecular weight excluding hydrogens is 233 g/mol. The van der Waals surface area contributed by atoms with Crippen molar-refractivity contribution in [3.05, 3.63) is 47.5 Å². The van der Waals surface area contributed by atoms with Gasteiger partial charge in [-0.15, -0.1) is 0 Å². The van der Waals surface area contributed by atoms with Gasteiger partial charge in [-0.3, -0.25) is 9.48 Å². The standard InChI is InChI=1S/C13H14FN3O/c1-3-17-8-10(7-15-17)16-13(18)11-6-4-5-9(2)12(11)14/h4-8H,3H2,1-2H3,(H,16,18). The summed E-state index contributed by atoms with van der Waals surface area (Å²) < 4.78 is 15.4. The van der Waals surface area contributed by atoms with Gasteiger partial charge in [-0.2, -0.15) is 5.10 Å². The second-order valence-corrected chi connectivity index (χ2v) is 3.98. The van der Waals surface area contributed by atoms with E-state index < -0.39 is 11.7 Å². The summed E-state index contributed by atoms with van der Waals surface area (Å²) in [4.78, 5) is 11.9. The van der Waals surface area contributed by atoms with E-state index >= 15 is 0 Å². The van der Waals surface area contributed by atoms with Crippen molar-refractivity contribution in [1.29, 1.82) is 0 Å². The van der Waals surface area contributed by atoms with Gasteiger partial charge in [0, 0.05) is 12.7 Å². The molecule has 94 valence electrons. The topological polar surface area (TPSA) is 46.9 Å². The van der Waals surface area contributed by atoms with Gasteiger partial charge in [0.2, 0.25) is 0 Å². The van der Waals surface area contributed by atoms with E-state index in [-0.39, 0.29) is 5.56 Å². The molecule has 1 aromatic heterocycles. The number of carbonyl (C=O) groups excluding carboxylic acids is 1. The predicted molar refractivity (Wildman–Crippen MR) is 67.0 cm³/mol. The normalized spacial score (nSPS) is 10.4. The summed E-state index contributed by atoms with van der Waals surface area (Å²) in [6, 6.07) is 4.74. The molecule has 0 aliphatic heterocycles. The Bertz CT molecular complexity index is 577. The molecular formula is C13H14FN3O. The quantitative estimate of drug-likeness (QED) is 0.906. The molecule has 0 saturated heterocycles. The van der Waals surface area contributed by atoms with E-state index in [1.165, 1.54) is 12.3 Å². The maximum atomic E-state index is 13.7. The molecule has 0 atom stereocenters. The lowest BCUT2D eigenvalue weighted by Gasteiger charge is -2.05. The van der Waals surface area contributed by atoms with Gasteiger partial charge in [-0.05, 0) is 25.5 Å². The summed E-state index contributed by atoms with van der Waals surface area (Å²) >= 11 is 0. The van der Waals surface area contributed by atoms with Gasteiger partial charge >= 0.3 is 0 Å². The van der Waals surface area contributed by atoms with Gasteiger partial charge in [-0.25, -0.2) is 4.39 Å². The van der Waals surface area contributed by atoms with Crippen molar-refractivity contribution in [3.63, 3.8) is 0 Å². The molecule has 0 radical (unpaired) electrons. The van der Waals surface area contributed by atoms with Crippen LogP contribution in [0.25, 0.3) is 0 Å². The molecule has 0 fully saturated rings. The van der Waals surface area contributed by atoms with E-state index in [0.29, 0.717) is 17.8 Å². The number of nitrogens with one attached hydrogen (secondary N) is 1. The highest BCUT2D eigenvalue weighted by Gasteiger charge is 2.13. The number of hydrogen-bond acceptors (Lipinski definition) is 2. The highest BCUT2D eigenvalue weighted by atomic mass is 19.1. The number of rotatable bonds is 3. The summed E-state index contributed by atoms with van der Waals surface area (Å²) in [6.07, 6.45) is 3.24. The minimum atomic E-state index is -0.488. The zero-order valence-electron chi connectivity index (χ0n) is 10.3. The van der Waals surface area contributed by atoms with Crippen LogP contribution in [-0.4, -0.2) is 15.7 Å². The Morgan fingerprint density at radius 1 is 1.50 bits per heavy atom. The zero-order valence-corrected chi connectivity index (χ0v) is 10.3. The fourth-order valence-electron chi connectivity index (χ4n) is 1.62. The van der Waals surface area contributed by atoms with E-state index in [9.17, 15) is 9.18 Å². The molecule has 1 N–H and O–H groups in total. The molecule has 1 heterocycles. The third kappa shape index (κ3) is 2.40. The number of anilines is 1. The molecule has 0 unspecified atom stereocenters. The lowest BCUT2D eigenvalue weighted by atomic mass is 10.1. The van der Waals surface area contributed by atoms with Crippen LogP contribution in [0.4, 0.5) is 10.1 Å². The fourth-order valence-corrected chi connectivity index (χ4v) is 1.62. The van der Waals surface area contributed by atoms with Crippen LogP contribution < -0.4 is 5.32 Å². The van der Waals surface area contributed by atoms with Crippen molar-refractivity contribution in [3.8, 4) is 0 Å². The molecule has 18 heavy (non-hydrogen) atoms. The first kappa shape index (κ1) is 12.3. The van der Waals surface area contributed by atoms with Crippen LogP contribution in [0, 0.1) is 12.7 Å². The van der Waals surface area contributed by atoms with Crippen LogP contribution in [0.3, 0.4) is 0 Å². The number of aryl methyl sites for hydroxylation is 2. The largest absolute Gasteiger partial charge is 0.319 e. The van der Waals surface area contributed by atoms with Crippen LogP contribution in [0.1, 0.15) is 22.8 Å². The van der Waals surface area contributed by atoms with Crippen molar-refractivity contribution in [2.45, 2.75) is 20.4 Å². The Labute approximate surface area is 104 Å². The molecule has 1 amide bonds. The number of carbonyl (C=O) groups is 1. The van der Waals surface area contributed by atoms with E-state index in [1.54, 1.807) is 29.9 Å². The summed E-state index contributed by atoms with van der Waals surface area (Å²) in [7, 11) is 0. The van der Waals surface area contributed by atoms with Crippen molar-refractivity contribution in [1.82, 2.24) is 9.78 Å². The summed E-state index contributed by atoms with van der Waals surface area (Å²) in [5, 5.41) is 6.65. The highest BCUT2D eigenvalue weighted by Crippen LogP contribution is 2.14. The van der Waals surface area contributed by atoms with Crippen LogP contribution in [0.2, 0.25) is 0 Å². The zero-order chi connectivity index (χ0) is 13.1. The van der Waals surface area contributed by atoms with E-state index in [2.05, 4.69) is 10.4 Å². The molecule has 0 spiro atoms. The molecule has 1 aromatic carbocycles. The number of hydrogen-bond donors (Lipinski definition) is 1. The number of halogens is 1. The SMILES string of the molecule is CCn1cc(NC(=O)c2cccc(C)c2F)cn1. The second kappa shape index (κ2) is 5.00. The molecule has 0 saturated carbocycles. The molecule has 0 aliphatic carbocycles. The number of nitrogens with zero attached hydrogens (tertiary/aromatic N) is 2. The molecule has 4 nitrogen and oxygen atoms in total. The van der Waals surface area contributed by atoms with E-state index in [0.717, 1.165) is 0 Å². The molecule has 2 aromatic rings. The summed E-state index contributed by atoms with van der Waals surface area (Å²) in [5.41, 5.74) is 1.05. The van der Waals surface area contributed by atoms with Crippen molar-refractivity contribution in [2.24, 2.45) is 0 Å². The lowest BCUT2D eigenvalue weighted by Crippen LogP contribution is -2.13. The van der Waals surface area contributed by atoms with Crippen molar-refractivity contribution >= 4 is 11.6 Å². The van der Waals surface area contributed by atoms with Gasteiger partial charge in [0.25, 0.3) is 5.91 Å². The van der Waals surface area contributed by atoms with E-state index in [4.69, 9.17) is 0 Å². The molecule has 0 bridgehead atoms. The summed E-state index contributed by atoms with van der Waals surface area (Å²) in [5.74, 6) is -0.954. The molecule has 0 aliphatic rings. The first-order chi connectivity index (χ1) is 8.61. The first-order valence-electron chi connectivity index (χ1n) is 5.70. The minimum absolute atomic E-state index is 0.0410. The molecule has 2 rings (SSSR count). The number of amides is 1. The Balaban J connectivity index is 2.19. The highest BCUT2D eigenvalue weighted by molar-refractivity contribution is 6.04. The number of benzene rings is 1. The van der Waals surface area contributed by atoms with Crippen LogP contribution in [0.15, 0.2) is 30.6 Å². The maximum absolute atomic E-state index is 13.7. The minimum Gasteiger partial charge on any atom is -0.319 e. The van der Waals surface area contributed by atoms with Crippen LogP contribution in [-0.2, 0) is 6.54 Å². The van der Waals surface area contributed by atoms with Crippen molar-refractivity contribution in [2.75, 3.05) is 5.32 Å². The van der Waals surface area contributed by atoms with Gasteiger partial charge in [-0.1, -0.05) is 12.1 Å². The fraction of sp³-hybridized carbons (Fsp3) is 0.231. The van der Waals surface area contributed by atoms with Gasteiger partial charge in [0.1, 0.15) is 5.82 Å². The summed E-state index contributed by atoms with van der Waals surface area (Å²) in [6.45, 7) is 4.29. The van der Waals surface area contributed by atoms with Gasteiger partial charge in [0.15, 0.2) is 0 Å². The monoisotopic (exact) mass is 247 g/mol. The smallest absolute Gasteiger partial charge is 0.258 e. The Kier molecular flexibility index (Phi) is 3.41. The third-order valence-corrected chi connectivity index (χ3v) is 2.65. The van der Waals surface area contributed by atoms with Crippen LogP contribution >= 0.6 is 0 Å².